The van der Waals surface area contributed by atoms with Crippen molar-refractivity contribution in [2.45, 2.75) is 19.8 Å². The number of amides is 1. The second-order valence-corrected chi connectivity index (χ2v) is 6.75. The van der Waals surface area contributed by atoms with Gasteiger partial charge in [-0.2, -0.15) is 5.10 Å². The summed E-state index contributed by atoms with van der Waals surface area (Å²) in [6.45, 7) is 2.41. The number of hydrogen-bond donors (Lipinski definition) is 1. The molecule has 30 heavy (non-hydrogen) atoms. The molecular weight excluding hydrogens is 378 g/mol. The topological polar surface area (TPSA) is 98.5 Å². The summed E-state index contributed by atoms with van der Waals surface area (Å²) in [5.41, 5.74) is 4.02. The van der Waals surface area contributed by atoms with Crippen LogP contribution in [0.3, 0.4) is 0 Å². The summed E-state index contributed by atoms with van der Waals surface area (Å²) in [5, 5.41) is 7.28. The number of aromatic nitrogens is 6. The van der Waals surface area contributed by atoms with E-state index in [0.717, 1.165) is 24.1 Å². The van der Waals surface area contributed by atoms with Crippen LogP contribution in [0.2, 0.25) is 0 Å². The second kappa shape index (κ2) is 9.04. The van der Waals surface area contributed by atoms with Crippen molar-refractivity contribution in [1.82, 2.24) is 35.0 Å². The Morgan fingerprint density at radius 1 is 1.03 bits per heavy atom. The number of rotatable bonds is 7. The minimum atomic E-state index is -0.156. The fraction of sp³-hybridized carbons (Fsp3) is 0.182. The molecule has 0 atom stereocenters. The molecule has 4 aromatic rings. The van der Waals surface area contributed by atoms with Crippen LogP contribution in [0, 0.1) is 6.92 Å². The Morgan fingerprint density at radius 3 is 2.70 bits per heavy atom. The van der Waals surface area contributed by atoms with Gasteiger partial charge in [0.1, 0.15) is 0 Å². The van der Waals surface area contributed by atoms with Gasteiger partial charge in [-0.25, -0.2) is 14.6 Å². The zero-order valence-electron chi connectivity index (χ0n) is 16.6. The lowest BCUT2D eigenvalue weighted by molar-refractivity contribution is 0.0952. The molecule has 4 rings (SSSR count). The first-order chi connectivity index (χ1) is 14.7. The SMILES string of the molecule is Cc1c(C(=O)NCCCc2ccncc2)cnn1-c1nccc(-c2cccnc2)n1. The van der Waals surface area contributed by atoms with Gasteiger partial charge in [-0.1, -0.05) is 0 Å². The largest absolute Gasteiger partial charge is 0.352 e. The lowest BCUT2D eigenvalue weighted by atomic mass is 10.1. The highest BCUT2D eigenvalue weighted by Gasteiger charge is 2.16. The molecule has 0 aliphatic rings. The molecule has 0 saturated carbocycles. The summed E-state index contributed by atoms with van der Waals surface area (Å²) < 4.78 is 1.58. The normalized spacial score (nSPS) is 10.7. The van der Waals surface area contributed by atoms with Crippen LogP contribution in [-0.2, 0) is 6.42 Å². The zero-order valence-corrected chi connectivity index (χ0v) is 16.6. The van der Waals surface area contributed by atoms with Crippen LogP contribution >= 0.6 is 0 Å². The highest BCUT2D eigenvalue weighted by atomic mass is 16.1. The molecule has 4 aromatic heterocycles. The van der Waals surface area contributed by atoms with Crippen molar-refractivity contribution in [2.75, 3.05) is 6.54 Å². The van der Waals surface area contributed by atoms with Gasteiger partial charge in [0.05, 0.1) is 23.1 Å². The summed E-state index contributed by atoms with van der Waals surface area (Å²) in [4.78, 5) is 29.6. The molecule has 0 aliphatic carbocycles. The van der Waals surface area contributed by atoms with Crippen LogP contribution in [-0.4, -0.2) is 42.2 Å². The molecule has 0 fully saturated rings. The summed E-state index contributed by atoms with van der Waals surface area (Å²) >= 11 is 0. The van der Waals surface area contributed by atoms with Gasteiger partial charge < -0.3 is 5.32 Å². The number of hydrogen-bond acceptors (Lipinski definition) is 6. The average molecular weight is 399 g/mol. The molecule has 0 saturated heterocycles. The highest BCUT2D eigenvalue weighted by molar-refractivity contribution is 5.95. The Kier molecular flexibility index (Phi) is 5.84. The van der Waals surface area contributed by atoms with Crippen molar-refractivity contribution in [2.24, 2.45) is 0 Å². The van der Waals surface area contributed by atoms with Gasteiger partial charge in [-0.05, 0) is 55.7 Å². The third-order valence-corrected chi connectivity index (χ3v) is 4.72. The zero-order chi connectivity index (χ0) is 20.8. The van der Waals surface area contributed by atoms with Crippen molar-refractivity contribution in [3.63, 3.8) is 0 Å². The monoisotopic (exact) mass is 399 g/mol. The third kappa shape index (κ3) is 4.38. The number of pyridine rings is 2. The van der Waals surface area contributed by atoms with E-state index in [-0.39, 0.29) is 5.91 Å². The minimum Gasteiger partial charge on any atom is -0.352 e. The summed E-state index contributed by atoms with van der Waals surface area (Å²) in [7, 11) is 0. The number of nitrogens with one attached hydrogen (secondary N) is 1. The molecule has 0 aromatic carbocycles. The summed E-state index contributed by atoms with van der Waals surface area (Å²) in [6, 6.07) is 9.56. The molecule has 0 radical (unpaired) electrons. The molecule has 8 nitrogen and oxygen atoms in total. The van der Waals surface area contributed by atoms with E-state index in [0.29, 0.717) is 23.8 Å². The first kappa shape index (κ1) is 19.4. The maximum Gasteiger partial charge on any atom is 0.254 e. The van der Waals surface area contributed by atoms with Crippen LogP contribution in [0.4, 0.5) is 0 Å². The second-order valence-electron chi connectivity index (χ2n) is 6.75. The maximum absolute atomic E-state index is 12.6. The third-order valence-electron chi connectivity index (χ3n) is 4.72. The van der Waals surface area contributed by atoms with Gasteiger partial charge in [0.15, 0.2) is 0 Å². The van der Waals surface area contributed by atoms with Crippen LogP contribution in [0.25, 0.3) is 17.2 Å². The van der Waals surface area contributed by atoms with Crippen molar-refractivity contribution in [1.29, 1.82) is 0 Å². The molecule has 0 spiro atoms. The maximum atomic E-state index is 12.6. The van der Waals surface area contributed by atoms with E-state index in [1.807, 2.05) is 37.3 Å². The van der Waals surface area contributed by atoms with Crippen molar-refractivity contribution in [3.8, 4) is 17.2 Å². The average Bonchev–Trinajstić information content (AvgIpc) is 3.19. The molecule has 4 heterocycles. The van der Waals surface area contributed by atoms with E-state index in [2.05, 4.69) is 30.4 Å². The van der Waals surface area contributed by atoms with Crippen molar-refractivity contribution >= 4 is 5.91 Å². The molecular formula is C22H21N7O. The standard InChI is InChI=1S/C22H21N7O/c1-16-19(21(30)25-10-2-4-17-6-11-23-12-7-17)15-27-29(16)22-26-13-8-20(28-22)18-5-3-9-24-14-18/h3,5-9,11-15H,2,4,10H2,1H3,(H,25,30). The van der Waals surface area contributed by atoms with E-state index < -0.39 is 0 Å². The molecule has 150 valence electrons. The molecule has 0 aliphatic heterocycles. The lowest BCUT2D eigenvalue weighted by Crippen LogP contribution is -2.25. The van der Waals surface area contributed by atoms with Gasteiger partial charge in [0, 0.05) is 43.1 Å². The van der Waals surface area contributed by atoms with E-state index in [1.54, 1.807) is 41.9 Å². The Labute approximate surface area is 174 Å². The highest BCUT2D eigenvalue weighted by Crippen LogP contribution is 2.17. The van der Waals surface area contributed by atoms with Crippen molar-refractivity contribution < 1.29 is 4.79 Å². The quantitative estimate of drug-likeness (QED) is 0.480. The predicted molar refractivity (Wildman–Crippen MR) is 112 cm³/mol. The Hall–Kier alpha value is -3.94. The Bertz CT molecular complexity index is 1130. The van der Waals surface area contributed by atoms with Crippen LogP contribution < -0.4 is 5.32 Å². The number of carbonyl (C=O) groups is 1. The number of carbonyl (C=O) groups excluding carboxylic acids is 1. The predicted octanol–water partition coefficient (Wildman–Crippen LogP) is 2.79. The number of aryl methyl sites for hydroxylation is 1. The van der Waals surface area contributed by atoms with E-state index >= 15 is 0 Å². The molecule has 1 N–H and O–H groups in total. The fourth-order valence-corrected chi connectivity index (χ4v) is 3.10. The van der Waals surface area contributed by atoms with E-state index in [9.17, 15) is 4.79 Å². The number of nitrogens with zero attached hydrogens (tertiary/aromatic N) is 6. The molecule has 0 unspecified atom stereocenters. The van der Waals surface area contributed by atoms with Crippen LogP contribution in [0.1, 0.15) is 28.0 Å². The van der Waals surface area contributed by atoms with Gasteiger partial charge in [0.2, 0.25) is 0 Å². The first-order valence-electron chi connectivity index (χ1n) is 9.68. The minimum absolute atomic E-state index is 0.156. The first-order valence-corrected chi connectivity index (χ1v) is 9.68. The fourth-order valence-electron chi connectivity index (χ4n) is 3.10. The summed E-state index contributed by atoms with van der Waals surface area (Å²) in [5.74, 6) is 0.252. The summed E-state index contributed by atoms with van der Waals surface area (Å²) in [6.07, 6.45) is 12.0. The molecule has 8 heteroatoms. The van der Waals surface area contributed by atoms with Crippen LogP contribution in [0.15, 0.2) is 67.5 Å². The van der Waals surface area contributed by atoms with Gasteiger partial charge in [-0.3, -0.25) is 14.8 Å². The van der Waals surface area contributed by atoms with E-state index in [4.69, 9.17) is 0 Å². The smallest absolute Gasteiger partial charge is 0.254 e. The van der Waals surface area contributed by atoms with Gasteiger partial charge in [0.25, 0.3) is 11.9 Å². The van der Waals surface area contributed by atoms with Gasteiger partial charge in [-0.15, -0.1) is 0 Å². The molecule has 0 bridgehead atoms. The van der Waals surface area contributed by atoms with E-state index in [1.165, 1.54) is 5.56 Å². The van der Waals surface area contributed by atoms with Crippen molar-refractivity contribution in [3.05, 3.63) is 84.3 Å². The molecule has 1 amide bonds. The Morgan fingerprint density at radius 2 is 1.90 bits per heavy atom. The van der Waals surface area contributed by atoms with Gasteiger partial charge >= 0.3 is 0 Å². The lowest BCUT2D eigenvalue weighted by Gasteiger charge is -2.07. The van der Waals surface area contributed by atoms with Crippen LogP contribution in [0.5, 0.6) is 0 Å². The Balaban J connectivity index is 1.43.